The summed E-state index contributed by atoms with van der Waals surface area (Å²) in [4.78, 5) is 13.9. The number of hydrogen-bond donors (Lipinski definition) is 4. The number of rotatable bonds is 9. The zero-order valence-corrected chi connectivity index (χ0v) is 17.3. The van der Waals surface area contributed by atoms with E-state index in [0.29, 0.717) is 29.9 Å². The fraction of sp³-hybridized carbons (Fsp3) is 0.588. The van der Waals surface area contributed by atoms with E-state index < -0.39 is 22.5 Å². The first-order valence-electron chi connectivity index (χ1n) is 8.76. The van der Waals surface area contributed by atoms with Gasteiger partial charge in [-0.2, -0.15) is 16.9 Å². The zero-order valence-electron chi connectivity index (χ0n) is 15.0. The summed E-state index contributed by atoms with van der Waals surface area (Å²) in [5.41, 5.74) is 4.61. The van der Waals surface area contributed by atoms with Crippen LogP contribution in [0.4, 0.5) is 0 Å². The van der Waals surface area contributed by atoms with Gasteiger partial charge in [0.25, 0.3) is 0 Å². The molecule has 1 saturated carbocycles. The van der Waals surface area contributed by atoms with Crippen LogP contribution in [0.15, 0.2) is 35.1 Å². The second-order valence-corrected chi connectivity index (χ2v) is 9.67. The minimum absolute atomic E-state index is 0.0319. The molecular formula is C17H22Cl2N4O4S. The van der Waals surface area contributed by atoms with E-state index in [1.165, 1.54) is 29.1 Å². The molecule has 2 aliphatic carbocycles. The third kappa shape index (κ3) is 4.65. The van der Waals surface area contributed by atoms with Crippen molar-refractivity contribution in [1.82, 2.24) is 14.8 Å². The highest BCUT2D eigenvalue weighted by Gasteiger charge is 2.58. The molecule has 1 aromatic rings. The van der Waals surface area contributed by atoms with E-state index in [1.807, 2.05) is 0 Å². The lowest BCUT2D eigenvalue weighted by molar-refractivity contribution is -0.137. The Hall–Kier alpha value is -1.26. The number of alkyl halides is 1. The average molecular weight is 449 g/mol. The van der Waals surface area contributed by atoms with Crippen LogP contribution in [0.3, 0.4) is 0 Å². The van der Waals surface area contributed by atoms with Gasteiger partial charge in [0.1, 0.15) is 30.1 Å². The Morgan fingerprint density at radius 1 is 1.54 bits per heavy atom. The van der Waals surface area contributed by atoms with E-state index in [2.05, 4.69) is 10.1 Å². The Kier molecular flexibility index (Phi) is 6.31. The SMILES string of the molecule is N[C@@H](CSC1C=C(O)C(CC(O)(Cn2cncn2)C2(Cl)CC2)=C(Cl)C1)C(=O)O. The number of carbonyl (C=O) groups is 1. The molecule has 0 radical (unpaired) electrons. The number of carboxylic acid groups (broad SMARTS) is 1. The Morgan fingerprint density at radius 3 is 2.79 bits per heavy atom. The van der Waals surface area contributed by atoms with Crippen molar-refractivity contribution in [2.45, 2.75) is 54.0 Å². The lowest BCUT2D eigenvalue weighted by Gasteiger charge is -2.35. The van der Waals surface area contributed by atoms with Crippen molar-refractivity contribution in [3.63, 3.8) is 0 Å². The van der Waals surface area contributed by atoms with Crippen LogP contribution < -0.4 is 5.73 Å². The Balaban J connectivity index is 1.72. The molecule has 0 spiro atoms. The van der Waals surface area contributed by atoms with Crippen LogP contribution in [0, 0.1) is 0 Å². The molecule has 0 bridgehead atoms. The first-order chi connectivity index (χ1) is 13.1. The maximum absolute atomic E-state index is 11.3. The number of allylic oxidation sites excluding steroid dienone is 2. The van der Waals surface area contributed by atoms with Gasteiger partial charge in [-0.05, 0) is 25.3 Å². The Labute approximate surface area is 176 Å². The van der Waals surface area contributed by atoms with Crippen molar-refractivity contribution in [3.05, 3.63) is 35.1 Å². The lowest BCUT2D eigenvalue weighted by atomic mass is 9.86. The number of aliphatic hydroxyl groups is 2. The molecule has 2 aliphatic rings. The molecule has 0 saturated heterocycles. The molecule has 1 heterocycles. The number of nitrogens with zero attached hydrogens (tertiary/aromatic N) is 3. The summed E-state index contributed by atoms with van der Waals surface area (Å²) < 4.78 is 1.51. The van der Waals surface area contributed by atoms with Gasteiger partial charge in [-0.1, -0.05) is 11.6 Å². The van der Waals surface area contributed by atoms with Gasteiger partial charge in [-0.3, -0.25) is 4.79 Å². The minimum Gasteiger partial charge on any atom is -0.508 e. The Morgan fingerprint density at radius 2 is 2.25 bits per heavy atom. The molecule has 3 atom stereocenters. The quantitative estimate of drug-likeness (QED) is 0.421. The van der Waals surface area contributed by atoms with E-state index in [-0.39, 0.29) is 29.7 Å². The predicted molar refractivity (Wildman–Crippen MR) is 107 cm³/mol. The highest BCUT2D eigenvalue weighted by atomic mass is 35.5. The number of aliphatic carboxylic acids is 1. The van der Waals surface area contributed by atoms with Crippen LogP contribution in [-0.4, -0.2) is 63.6 Å². The number of carboxylic acids is 1. The lowest BCUT2D eigenvalue weighted by Crippen LogP contribution is -2.46. The van der Waals surface area contributed by atoms with Gasteiger partial charge < -0.3 is 21.1 Å². The maximum Gasteiger partial charge on any atom is 0.321 e. The van der Waals surface area contributed by atoms with E-state index in [0.717, 1.165) is 0 Å². The van der Waals surface area contributed by atoms with Gasteiger partial charge in [0.2, 0.25) is 0 Å². The monoisotopic (exact) mass is 448 g/mol. The van der Waals surface area contributed by atoms with E-state index in [9.17, 15) is 15.0 Å². The number of hydrogen-bond acceptors (Lipinski definition) is 7. The van der Waals surface area contributed by atoms with Crippen molar-refractivity contribution in [1.29, 1.82) is 0 Å². The van der Waals surface area contributed by atoms with Crippen LogP contribution in [-0.2, 0) is 11.3 Å². The molecule has 0 amide bonds. The number of halogens is 2. The summed E-state index contributed by atoms with van der Waals surface area (Å²) in [5, 5.41) is 35.0. The highest BCUT2D eigenvalue weighted by Crippen LogP contribution is 2.54. The molecule has 28 heavy (non-hydrogen) atoms. The number of nitrogens with two attached hydrogens (primary N) is 1. The summed E-state index contributed by atoms with van der Waals surface area (Å²) in [6, 6.07) is -0.983. The van der Waals surface area contributed by atoms with Crippen LogP contribution >= 0.6 is 35.0 Å². The summed E-state index contributed by atoms with van der Waals surface area (Å²) in [5.74, 6) is -0.908. The third-order valence-corrected chi connectivity index (χ3v) is 7.44. The van der Waals surface area contributed by atoms with Crippen molar-refractivity contribution in [2.24, 2.45) is 5.73 Å². The zero-order chi connectivity index (χ0) is 20.5. The fourth-order valence-corrected chi connectivity index (χ4v) is 4.92. The third-order valence-electron chi connectivity index (χ3n) is 5.05. The molecular weight excluding hydrogens is 427 g/mol. The molecule has 0 aromatic carbocycles. The first kappa shape index (κ1) is 21.4. The number of thioether (sulfide) groups is 1. The van der Waals surface area contributed by atoms with E-state index >= 15 is 0 Å². The van der Waals surface area contributed by atoms with E-state index in [1.54, 1.807) is 6.08 Å². The summed E-state index contributed by atoms with van der Waals surface area (Å²) >= 11 is 14.3. The fourth-order valence-electron chi connectivity index (χ4n) is 3.17. The second kappa shape index (κ2) is 8.23. The molecule has 3 rings (SSSR count). The van der Waals surface area contributed by atoms with E-state index in [4.69, 9.17) is 34.0 Å². The van der Waals surface area contributed by atoms with Crippen LogP contribution in [0.25, 0.3) is 0 Å². The van der Waals surface area contributed by atoms with Gasteiger partial charge in [-0.25, -0.2) is 9.67 Å². The molecule has 8 nitrogen and oxygen atoms in total. The van der Waals surface area contributed by atoms with Crippen LogP contribution in [0.5, 0.6) is 0 Å². The van der Waals surface area contributed by atoms with Crippen LogP contribution in [0.2, 0.25) is 0 Å². The molecule has 2 unspecified atom stereocenters. The molecule has 11 heteroatoms. The van der Waals surface area contributed by atoms with Crippen molar-refractivity contribution in [2.75, 3.05) is 5.75 Å². The number of aromatic nitrogens is 3. The van der Waals surface area contributed by atoms with Gasteiger partial charge >= 0.3 is 5.97 Å². The van der Waals surface area contributed by atoms with Gasteiger partial charge in [-0.15, -0.1) is 11.6 Å². The van der Waals surface area contributed by atoms with Crippen LogP contribution in [0.1, 0.15) is 25.7 Å². The average Bonchev–Trinajstić information content (AvgIpc) is 3.19. The molecule has 0 aliphatic heterocycles. The summed E-state index contributed by atoms with van der Waals surface area (Å²) in [6.07, 6.45) is 6.28. The molecule has 1 fully saturated rings. The summed E-state index contributed by atoms with van der Waals surface area (Å²) in [6.45, 7) is 0.128. The molecule has 154 valence electrons. The Bertz CT molecular complexity index is 797. The minimum atomic E-state index is -1.36. The second-order valence-electron chi connectivity index (χ2n) is 7.22. The molecule has 5 N–H and O–H groups in total. The normalized spacial score (nSPS) is 24.4. The summed E-state index contributed by atoms with van der Waals surface area (Å²) in [7, 11) is 0. The smallest absolute Gasteiger partial charge is 0.321 e. The van der Waals surface area contributed by atoms with Crippen molar-refractivity contribution < 1.29 is 20.1 Å². The highest BCUT2D eigenvalue weighted by molar-refractivity contribution is 8.00. The largest absolute Gasteiger partial charge is 0.508 e. The van der Waals surface area contributed by atoms with Crippen molar-refractivity contribution >= 4 is 40.9 Å². The predicted octanol–water partition coefficient (Wildman–Crippen LogP) is 2.02. The van der Waals surface area contributed by atoms with Gasteiger partial charge in [0.15, 0.2) is 0 Å². The topological polar surface area (TPSA) is 134 Å². The van der Waals surface area contributed by atoms with Crippen molar-refractivity contribution in [3.8, 4) is 0 Å². The number of aliphatic hydroxyl groups excluding tert-OH is 1. The molecule has 1 aromatic heterocycles. The maximum atomic E-state index is 11.3. The van der Waals surface area contributed by atoms with Gasteiger partial charge in [0, 0.05) is 28.0 Å². The first-order valence-corrected chi connectivity index (χ1v) is 10.6. The van der Waals surface area contributed by atoms with Gasteiger partial charge in [0.05, 0.1) is 11.4 Å². The standard InChI is InChI=1S/C17H22Cl2N4O4S/c18-12-3-10(28-6-13(20)15(25)26)4-14(24)11(12)5-17(27,16(19)1-2-16)7-23-9-21-8-22-23/h4,8-10,13,24,27H,1-3,5-7,20H2,(H,25,26)/t10?,13-,17?/m0/s1.